The largest absolute Gasteiger partial charge is 0.467 e. The Kier molecular flexibility index (Phi) is 11.1. The van der Waals surface area contributed by atoms with Crippen LogP contribution in [-0.4, -0.2) is 90.2 Å². The van der Waals surface area contributed by atoms with E-state index in [4.69, 9.17) is 14.2 Å². The molecule has 1 aliphatic heterocycles. The second kappa shape index (κ2) is 13.7. The van der Waals surface area contributed by atoms with Crippen molar-refractivity contribution in [2.24, 2.45) is 5.41 Å². The SMILES string of the molecule is COC(=O)[C@@H]1C[C@H](NC(=O)OCc2ccccc2)CN1C(=O)[C@@H](NC(=O)[C@H](C)N(C)C(=O)OC(C)(C)C)C(C)(C)C. The minimum Gasteiger partial charge on any atom is -0.467 e. The van der Waals surface area contributed by atoms with Crippen LogP contribution in [-0.2, 0) is 35.2 Å². The fourth-order valence-corrected chi connectivity index (χ4v) is 4.22. The fraction of sp³-hybridized carbons (Fsp3) is 0.621. The van der Waals surface area contributed by atoms with Crippen LogP contribution in [0.1, 0.15) is 60.5 Å². The number of nitrogens with zero attached hydrogens (tertiary/aromatic N) is 2. The Bertz CT molecular complexity index is 1100. The lowest BCUT2D eigenvalue weighted by Gasteiger charge is -2.36. The molecule has 4 atom stereocenters. The minimum atomic E-state index is -1.06. The van der Waals surface area contributed by atoms with Crippen LogP contribution in [0, 0.1) is 5.41 Å². The Morgan fingerprint density at radius 3 is 2.20 bits per heavy atom. The molecule has 0 aliphatic carbocycles. The first-order chi connectivity index (χ1) is 18.9. The molecule has 1 saturated heterocycles. The summed E-state index contributed by atoms with van der Waals surface area (Å²) in [7, 11) is 2.66. The summed E-state index contributed by atoms with van der Waals surface area (Å²) in [4.78, 5) is 67.1. The molecular formula is C29H44N4O8. The minimum absolute atomic E-state index is 0.00878. The predicted molar refractivity (Wildman–Crippen MR) is 151 cm³/mol. The number of hydrogen-bond acceptors (Lipinski definition) is 8. The monoisotopic (exact) mass is 576 g/mol. The molecule has 0 radical (unpaired) electrons. The van der Waals surface area contributed by atoms with Gasteiger partial charge in [0.1, 0.15) is 30.3 Å². The number of alkyl carbamates (subject to hydrolysis) is 1. The number of rotatable bonds is 8. The number of carbonyl (C=O) groups is 5. The van der Waals surface area contributed by atoms with Gasteiger partial charge < -0.3 is 29.7 Å². The van der Waals surface area contributed by atoms with Crippen molar-refractivity contribution in [3.05, 3.63) is 35.9 Å². The maximum absolute atomic E-state index is 13.9. The third-order valence-corrected chi connectivity index (χ3v) is 6.63. The van der Waals surface area contributed by atoms with Crippen LogP contribution in [0.15, 0.2) is 30.3 Å². The zero-order chi connectivity index (χ0) is 31.1. The number of benzene rings is 1. The van der Waals surface area contributed by atoms with Crippen molar-refractivity contribution in [1.82, 2.24) is 20.4 Å². The molecule has 1 aromatic carbocycles. The summed E-state index contributed by atoms with van der Waals surface area (Å²) in [6.45, 7) is 12.1. The topological polar surface area (TPSA) is 144 Å². The average Bonchev–Trinajstić information content (AvgIpc) is 3.31. The summed E-state index contributed by atoms with van der Waals surface area (Å²) in [5, 5.41) is 5.48. The number of likely N-dealkylation sites (N-methyl/N-ethyl adjacent to an activating group) is 1. The number of esters is 1. The highest BCUT2D eigenvalue weighted by Gasteiger charge is 2.46. The first-order valence-electron chi connectivity index (χ1n) is 13.6. The highest BCUT2D eigenvalue weighted by Crippen LogP contribution is 2.27. The molecule has 0 bridgehead atoms. The van der Waals surface area contributed by atoms with Crippen LogP contribution in [0.3, 0.4) is 0 Å². The molecule has 12 heteroatoms. The highest BCUT2D eigenvalue weighted by molar-refractivity contribution is 5.94. The van der Waals surface area contributed by atoms with E-state index in [1.807, 2.05) is 30.3 Å². The molecule has 1 fully saturated rings. The lowest BCUT2D eigenvalue weighted by molar-refractivity contribution is -0.153. The molecule has 0 unspecified atom stereocenters. The summed E-state index contributed by atoms with van der Waals surface area (Å²) >= 11 is 0. The van der Waals surface area contributed by atoms with Gasteiger partial charge in [0, 0.05) is 20.0 Å². The molecular weight excluding hydrogens is 532 g/mol. The van der Waals surface area contributed by atoms with Gasteiger partial charge in [0.05, 0.1) is 13.2 Å². The third kappa shape index (κ3) is 9.65. The van der Waals surface area contributed by atoms with Crippen molar-refractivity contribution in [2.75, 3.05) is 20.7 Å². The van der Waals surface area contributed by atoms with Crippen molar-refractivity contribution in [2.45, 2.75) is 91.3 Å². The van der Waals surface area contributed by atoms with Gasteiger partial charge in [-0.2, -0.15) is 0 Å². The Labute approximate surface area is 242 Å². The van der Waals surface area contributed by atoms with Gasteiger partial charge in [-0.3, -0.25) is 14.5 Å². The van der Waals surface area contributed by atoms with Gasteiger partial charge in [-0.1, -0.05) is 51.1 Å². The van der Waals surface area contributed by atoms with E-state index in [1.165, 1.54) is 26.0 Å². The molecule has 2 N–H and O–H groups in total. The number of amides is 4. The van der Waals surface area contributed by atoms with E-state index in [2.05, 4.69) is 10.6 Å². The standard InChI is InChI=1S/C29H44N4O8/c1-18(32(8)27(38)41-29(5,6)7)23(34)31-22(28(2,3)4)24(35)33-16-20(15-21(33)25(36)39-9)30-26(37)40-17-19-13-11-10-12-14-19/h10-14,18,20-22H,15-17H2,1-9H3,(H,30,37)(H,31,34)/t18-,20-,21-,22+/m0/s1. The Hall–Kier alpha value is -3.83. The van der Waals surface area contributed by atoms with Crippen molar-refractivity contribution in [3.8, 4) is 0 Å². The van der Waals surface area contributed by atoms with Gasteiger partial charge in [0.15, 0.2) is 0 Å². The van der Waals surface area contributed by atoms with E-state index in [9.17, 15) is 24.0 Å². The molecule has 1 heterocycles. The highest BCUT2D eigenvalue weighted by atomic mass is 16.6. The first-order valence-corrected chi connectivity index (χ1v) is 13.6. The normalized spacial score (nSPS) is 18.5. The maximum atomic E-state index is 13.9. The van der Waals surface area contributed by atoms with Crippen molar-refractivity contribution >= 4 is 30.0 Å². The van der Waals surface area contributed by atoms with E-state index < -0.39 is 65.2 Å². The van der Waals surface area contributed by atoms with Crippen molar-refractivity contribution in [1.29, 1.82) is 0 Å². The summed E-state index contributed by atoms with van der Waals surface area (Å²) in [6, 6.07) is 5.60. The number of methoxy groups -OCH3 is 1. The smallest absolute Gasteiger partial charge is 0.410 e. The predicted octanol–water partition coefficient (Wildman–Crippen LogP) is 2.84. The van der Waals surface area contributed by atoms with Gasteiger partial charge in [-0.05, 0) is 38.7 Å². The van der Waals surface area contributed by atoms with Gasteiger partial charge in [0.2, 0.25) is 11.8 Å². The van der Waals surface area contributed by atoms with Gasteiger partial charge in [-0.15, -0.1) is 0 Å². The van der Waals surface area contributed by atoms with Crippen LogP contribution in [0.4, 0.5) is 9.59 Å². The number of ether oxygens (including phenoxy) is 3. The van der Waals surface area contributed by atoms with Crippen LogP contribution in [0.25, 0.3) is 0 Å². The summed E-state index contributed by atoms with van der Waals surface area (Å²) < 4.78 is 15.6. The van der Waals surface area contributed by atoms with E-state index in [1.54, 1.807) is 41.5 Å². The molecule has 1 aliphatic rings. The lowest BCUT2D eigenvalue weighted by atomic mass is 9.85. The second-order valence-corrected chi connectivity index (χ2v) is 12.2. The Morgan fingerprint density at radius 2 is 1.66 bits per heavy atom. The fourth-order valence-electron chi connectivity index (χ4n) is 4.22. The van der Waals surface area contributed by atoms with Crippen LogP contribution < -0.4 is 10.6 Å². The van der Waals surface area contributed by atoms with Gasteiger partial charge in [0.25, 0.3) is 0 Å². The summed E-state index contributed by atoms with van der Waals surface area (Å²) in [6.07, 6.45) is -1.25. The summed E-state index contributed by atoms with van der Waals surface area (Å²) in [5.74, 6) is -1.73. The van der Waals surface area contributed by atoms with Gasteiger partial charge in [-0.25, -0.2) is 14.4 Å². The molecule has 0 aromatic heterocycles. The van der Waals surface area contributed by atoms with E-state index in [-0.39, 0.29) is 19.6 Å². The van der Waals surface area contributed by atoms with Crippen molar-refractivity contribution < 1.29 is 38.2 Å². The molecule has 41 heavy (non-hydrogen) atoms. The average molecular weight is 577 g/mol. The Morgan fingerprint density at radius 1 is 1.05 bits per heavy atom. The third-order valence-electron chi connectivity index (χ3n) is 6.63. The van der Waals surface area contributed by atoms with E-state index in [0.717, 1.165) is 10.5 Å². The zero-order valence-corrected chi connectivity index (χ0v) is 25.5. The van der Waals surface area contributed by atoms with E-state index >= 15 is 0 Å². The molecule has 4 amide bonds. The number of carbonyl (C=O) groups excluding carboxylic acids is 5. The number of likely N-dealkylation sites (tertiary alicyclic amines) is 1. The molecule has 0 spiro atoms. The first kappa shape index (κ1) is 33.4. The summed E-state index contributed by atoms with van der Waals surface area (Å²) in [5.41, 5.74) is -0.700. The van der Waals surface area contributed by atoms with Gasteiger partial charge >= 0.3 is 18.2 Å². The molecule has 12 nitrogen and oxygen atoms in total. The number of nitrogens with one attached hydrogen (secondary N) is 2. The molecule has 1 aromatic rings. The number of hydrogen-bond donors (Lipinski definition) is 2. The zero-order valence-electron chi connectivity index (χ0n) is 25.5. The van der Waals surface area contributed by atoms with Crippen LogP contribution in [0.2, 0.25) is 0 Å². The van der Waals surface area contributed by atoms with Crippen LogP contribution >= 0.6 is 0 Å². The van der Waals surface area contributed by atoms with Crippen molar-refractivity contribution in [3.63, 3.8) is 0 Å². The Balaban J connectivity index is 2.15. The molecule has 0 saturated carbocycles. The van der Waals surface area contributed by atoms with Crippen LogP contribution in [0.5, 0.6) is 0 Å². The lowest BCUT2D eigenvalue weighted by Crippen LogP contribution is -2.59. The quantitative estimate of drug-likeness (QED) is 0.355. The van der Waals surface area contributed by atoms with E-state index in [0.29, 0.717) is 0 Å². The molecule has 2 rings (SSSR count). The molecule has 228 valence electrons. The maximum Gasteiger partial charge on any atom is 0.410 e. The second-order valence-electron chi connectivity index (χ2n) is 12.2.